The lowest BCUT2D eigenvalue weighted by molar-refractivity contribution is 0.0527. The van der Waals surface area contributed by atoms with E-state index >= 15 is 0 Å². The molecule has 0 aromatic carbocycles. The molecule has 0 saturated heterocycles. The van der Waals surface area contributed by atoms with Crippen LogP contribution in [-0.2, 0) is 4.74 Å². The van der Waals surface area contributed by atoms with Crippen molar-refractivity contribution in [1.82, 2.24) is 10.2 Å². The number of aromatic amines is 1. The van der Waals surface area contributed by atoms with E-state index in [1.54, 1.807) is 13.8 Å². The van der Waals surface area contributed by atoms with Crippen molar-refractivity contribution in [1.29, 1.82) is 0 Å². The number of hydrogen-bond acceptors (Lipinski definition) is 6. The quantitative estimate of drug-likeness (QED) is 0.705. The highest BCUT2D eigenvalue weighted by Crippen LogP contribution is 2.34. The molecule has 10 heteroatoms. The lowest BCUT2D eigenvalue weighted by atomic mass is 10.1. The number of carbonyl (C=O) groups is 3. The van der Waals surface area contributed by atoms with Gasteiger partial charge in [0, 0.05) is 0 Å². The first-order valence-corrected chi connectivity index (χ1v) is 7.66. The van der Waals surface area contributed by atoms with Crippen molar-refractivity contribution in [2.24, 2.45) is 5.73 Å². The molecule has 0 aliphatic rings. The first-order valence-electron chi connectivity index (χ1n) is 6.47. The van der Waals surface area contributed by atoms with Crippen molar-refractivity contribution in [2.45, 2.75) is 13.8 Å². The number of thiophene rings is 1. The van der Waals surface area contributed by atoms with Crippen LogP contribution < -0.4 is 11.1 Å². The number of amides is 2. The molecule has 2 heterocycles. The van der Waals surface area contributed by atoms with Gasteiger partial charge in [-0.15, -0.1) is 11.3 Å². The molecule has 0 bridgehead atoms. The summed E-state index contributed by atoms with van der Waals surface area (Å²) in [6.45, 7) is 3.36. The van der Waals surface area contributed by atoms with E-state index in [2.05, 4.69) is 15.5 Å². The predicted molar refractivity (Wildman–Crippen MR) is 85.1 cm³/mol. The second-order valence-electron chi connectivity index (χ2n) is 4.39. The Hall–Kier alpha value is -2.39. The fourth-order valence-corrected chi connectivity index (χ4v) is 3.10. The fraction of sp³-hybridized carbons (Fsp3) is 0.231. The highest BCUT2D eigenvalue weighted by atomic mass is 35.5. The molecule has 4 N–H and O–H groups in total. The summed E-state index contributed by atoms with van der Waals surface area (Å²) in [5.74, 6) is -1.95. The first kappa shape index (κ1) is 17.0. The number of hydrogen-bond donors (Lipinski definition) is 3. The molecular formula is C13H13ClN4O4S. The van der Waals surface area contributed by atoms with Crippen molar-refractivity contribution in [3.8, 4) is 0 Å². The lowest BCUT2D eigenvalue weighted by Crippen LogP contribution is -2.15. The van der Waals surface area contributed by atoms with Gasteiger partial charge < -0.3 is 15.8 Å². The Bertz CT molecular complexity index is 783. The zero-order valence-corrected chi connectivity index (χ0v) is 13.8. The Kier molecular flexibility index (Phi) is 5.02. The van der Waals surface area contributed by atoms with E-state index < -0.39 is 17.8 Å². The maximum absolute atomic E-state index is 12.2. The van der Waals surface area contributed by atoms with E-state index in [1.807, 2.05) is 0 Å². The number of nitrogens with two attached hydrogens (primary N) is 1. The fourth-order valence-electron chi connectivity index (χ4n) is 1.88. The molecule has 2 amide bonds. The molecule has 2 aromatic heterocycles. The number of nitrogens with one attached hydrogen (secondary N) is 2. The van der Waals surface area contributed by atoms with Gasteiger partial charge in [-0.05, 0) is 19.4 Å². The van der Waals surface area contributed by atoms with Crippen LogP contribution in [0, 0.1) is 6.92 Å². The smallest absolute Gasteiger partial charge is 0.341 e. The van der Waals surface area contributed by atoms with Gasteiger partial charge in [-0.25, -0.2) is 4.79 Å². The van der Waals surface area contributed by atoms with Crippen LogP contribution in [0.2, 0.25) is 5.02 Å². The monoisotopic (exact) mass is 356 g/mol. The number of halogens is 1. The summed E-state index contributed by atoms with van der Waals surface area (Å²) in [6.07, 6.45) is 1.28. The SMILES string of the molecule is CCOC(=O)c1c(NC(=O)c2[nH]ncc2Cl)sc(C(N)=O)c1C. The van der Waals surface area contributed by atoms with Gasteiger partial charge in [-0.3, -0.25) is 14.7 Å². The molecule has 8 nitrogen and oxygen atoms in total. The summed E-state index contributed by atoms with van der Waals surface area (Å²) >= 11 is 6.72. The van der Waals surface area contributed by atoms with Gasteiger partial charge in [-0.2, -0.15) is 5.10 Å². The molecule has 23 heavy (non-hydrogen) atoms. The maximum Gasteiger partial charge on any atom is 0.341 e. The Morgan fingerprint density at radius 2 is 2.17 bits per heavy atom. The third-order valence-electron chi connectivity index (χ3n) is 2.90. The molecule has 0 aliphatic carbocycles. The van der Waals surface area contributed by atoms with Gasteiger partial charge in [0.15, 0.2) is 0 Å². The molecule has 2 rings (SSSR count). The van der Waals surface area contributed by atoms with Crippen LogP contribution >= 0.6 is 22.9 Å². The van der Waals surface area contributed by atoms with Gasteiger partial charge in [0.1, 0.15) is 10.7 Å². The van der Waals surface area contributed by atoms with E-state index in [4.69, 9.17) is 22.1 Å². The molecule has 0 unspecified atom stereocenters. The van der Waals surface area contributed by atoms with E-state index in [0.29, 0.717) is 5.56 Å². The van der Waals surface area contributed by atoms with Crippen LogP contribution in [0.5, 0.6) is 0 Å². The topological polar surface area (TPSA) is 127 Å². The molecule has 0 spiro atoms. The molecule has 2 aromatic rings. The van der Waals surface area contributed by atoms with Crippen LogP contribution in [0.1, 0.15) is 43.0 Å². The molecule has 0 aliphatic heterocycles. The summed E-state index contributed by atoms with van der Waals surface area (Å²) in [5.41, 5.74) is 5.77. The lowest BCUT2D eigenvalue weighted by Gasteiger charge is -2.06. The summed E-state index contributed by atoms with van der Waals surface area (Å²) in [6, 6.07) is 0. The number of nitrogens with zero attached hydrogens (tertiary/aromatic N) is 1. The molecule has 122 valence electrons. The minimum atomic E-state index is -0.696. The average Bonchev–Trinajstić information content (AvgIpc) is 3.03. The molecular weight excluding hydrogens is 344 g/mol. The molecule has 0 saturated carbocycles. The average molecular weight is 357 g/mol. The minimum absolute atomic E-state index is 0.0353. The molecule has 0 atom stereocenters. The Labute approximate surface area is 140 Å². The number of aromatic nitrogens is 2. The molecule has 0 radical (unpaired) electrons. The van der Waals surface area contributed by atoms with E-state index in [1.165, 1.54) is 6.20 Å². The Morgan fingerprint density at radius 3 is 2.70 bits per heavy atom. The summed E-state index contributed by atoms with van der Waals surface area (Å²) in [5, 5.41) is 8.90. The summed E-state index contributed by atoms with van der Waals surface area (Å²) in [4.78, 5) is 35.9. The van der Waals surface area contributed by atoms with Crippen LogP contribution in [0.25, 0.3) is 0 Å². The van der Waals surface area contributed by atoms with Crippen molar-refractivity contribution >= 4 is 45.7 Å². The Morgan fingerprint density at radius 1 is 1.48 bits per heavy atom. The largest absolute Gasteiger partial charge is 0.462 e. The number of carbonyl (C=O) groups excluding carboxylic acids is 3. The third-order valence-corrected chi connectivity index (χ3v) is 4.41. The highest BCUT2D eigenvalue weighted by molar-refractivity contribution is 7.18. The van der Waals surface area contributed by atoms with Gasteiger partial charge in [0.25, 0.3) is 11.8 Å². The number of anilines is 1. The van der Waals surface area contributed by atoms with Crippen molar-refractivity contribution in [2.75, 3.05) is 11.9 Å². The zero-order valence-electron chi connectivity index (χ0n) is 12.2. The van der Waals surface area contributed by atoms with Crippen LogP contribution in [0.4, 0.5) is 5.00 Å². The minimum Gasteiger partial charge on any atom is -0.462 e. The predicted octanol–water partition coefficient (Wildman–Crippen LogP) is 1.96. The number of ether oxygens (including phenoxy) is 1. The number of esters is 1. The normalized spacial score (nSPS) is 10.4. The standard InChI is InChI=1S/C13H13ClN4O4S/c1-3-22-13(21)7-5(2)9(10(15)19)23-12(7)17-11(20)8-6(14)4-16-18-8/h4H,3H2,1-2H3,(H2,15,19)(H,16,18)(H,17,20). The second-order valence-corrected chi connectivity index (χ2v) is 5.82. The maximum atomic E-state index is 12.2. The second kappa shape index (κ2) is 6.80. The first-order chi connectivity index (χ1) is 10.9. The zero-order chi connectivity index (χ0) is 17.1. The van der Waals surface area contributed by atoms with Gasteiger partial charge >= 0.3 is 5.97 Å². The highest BCUT2D eigenvalue weighted by Gasteiger charge is 2.26. The van der Waals surface area contributed by atoms with E-state index in [9.17, 15) is 14.4 Å². The summed E-state index contributed by atoms with van der Waals surface area (Å²) < 4.78 is 4.96. The van der Waals surface area contributed by atoms with E-state index in [0.717, 1.165) is 11.3 Å². The number of H-pyrrole nitrogens is 1. The Balaban J connectivity index is 2.42. The van der Waals surface area contributed by atoms with Gasteiger partial charge in [-0.1, -0.05) is 11.6 Å². The third kappa shape index (κ3) is 3.35. The van der Waals surface area contributed by atoms with Crippen molar-refractivity contribution < 1.29 is 19.1 Å². The van der Waals surface area contributed by atoms with Crippen LogP contribution in [-0.4, -0.2) is 34.6 Å². The van der Waals surface area contributed by atoms with Crippen molar-refractivity contribution in [3.63, 3.8) is 0 Å². The summed E-state index contributed by atoms with van der Waals surface area (Å²) in [7, 11) is 0. The van der Waals surface area contributed by atoms with Gasteiger partial charge in [0.2, 0.25) is 0 Å². The van der Waals surface area contributed by atoms with Crippen LogP contribution in [0.15, 0.2) is 6.20 Å². The number of primary amides is 1. The van der Waals surface area contributed by atoms with E-state index in [-0.39, 0.29) is 32.8 Å². The van der Waals surface area contributed by atoms with Gasteiger partial charge in [0.05, 0.1) is 28.3 Å². The number of rotatable bonds is 5. The molecule has 0 fully saturated rings. The van der Waals surface area contributed by atoms with Crippen molar-refractivity contribution in [3.05, 3.63) is 32.9 Å². The van der Waals surface area contributed by atoms with Crippen LogP contribution in [0.3, 0.4) is 0 Å².